The lowest BCUT2D eigenvalue weighted by molar-refractivity contribution is 0.102. The summed E-state index contributed by atoms with van der Waals surface area (Å²) in [7, 11) is 0. The standard InChI is InChI=1S/C13H12BrN3O/c1-8-4-5-9(14)7-11(8)17-13(18)12-10(15)3-2-6-16-12/h2-7H,15H2,1H3,(H,17,18). The molecule has 0 fully saturated rings. The minimum absolute atomic E-state index is 0.233. The van der Waals surface area contributed by atoms with Gasteiger partial charge in [0.15, 0.2) is 5.69 Å². The van der Waals surface area contributed by atoms with E-state index in [4.69, 9.17) is 5.73 Å². The molecule has 3 N–H and O–H groups in total. The third-order valence-electron chi connectivity index (χ3n) is 2.50. The number of halogens is 1. The number of benzene rings is 1. The number of nitrogens with one attached hydrogen (secondary N) is 1. The summed E-state index contributed by atoms with van der Waals surface area (Å²) in [5.41, 5.74) is 8.02. The quantitative estimate of drug-likeness (QED) is 0.896. The average Bonchev–Trinajstić information content (AvgIpc) is 2.34. The molecule has 0 atom stereocenters. The number of amides is 1. The zero-order valence-electron chi connectivity index (χ0n) is 9.77. The van der Waals surface area contributed by atoms with Crippen LogP contribution in [0.5, 0.6) is 0 Å². The van der Waals surface area contributed by atoms with E-state index in [1.165, 1.54) is 0 Å². The van der Waals surface area contributed by atoms with Crippen LogP contribution in [0.4, 0.5) is 11.4 Å². The van der Waals surface area contributed by atoms with E-state index in [0.29, 0.717) is 5.69 Å². The van der Waals surface area contributed by atoms with Crippen molar-refractivity contribution in [3.05, 3.63) is 52.3 Å². The minimum Gasteiger partial charge on any atom is -0.397 e. The lowest BCUT2D eigenvalue weighted by Gasteiger charge is -2.09. The summed E-state index contributed by atoms with van der Waals surface area (Å²) in [6.07, 6.45) is 1.54. The number of hydrogen-bond acceptors (Lipinski definition) is 3. The van der Waals surface area contributed by atoms with Gasteiger partial charge in [0.1, 0.15) is 0 Å². The number of nitrogens with zero attached hydrogens (tertiary/aromatic N) is 1. The van der Waals surface area contributed by atoms with Crippen LogP contribution in [-0.2, 0) is 0 Å². The Hall–Kier alpha value is -1.88. The Bertz CT molecular complexity index is 599. The molecule has 0 saturated heterocycles. The van der Waals surface area contributed by atoms with Gasteiger partial charge < -0.3 is 11.1 Å². The van der Waals surface area contributed by atoms with E-state index in [0.717, 1.165) is 15.7 Å². The number of carbonyl (C=O) groups excluding carboxylic acids is 1. The number of aromatic nitrogens is 1. The van der Waals surface area contributed by atoms with Gasteiger partial charge in [-0.05, 0) is 36.8 Å². The second-order valence-corrected chi connectivity index (χ2v) is 4.77. The summed E-state index contributed by atoms with van der Waals surface area (Å²) in [5, 5.41) is 2.80. The number of hydrogen-bond donors (Lipinski definition) is 2. The maximum absolute atomic E-state index is 12.0. The average molecular weight is 306 g/mol. The predicted molar refractivity (Wildman–Crippen MR) is 75.5 cm³/mol. The maximum atomic E-state index is 12.0. The number of nitrogen functional groups attached to an aromatic ring is 1. The predicted octanol–water partition coefficient (Wildman–Crippen LogP) is 2.99. The molecule has 2 rings (SSSR count). The number of aryl methyl sites for hydroxylation is 1. The molecule has 0 aliphatic heterocycles. The van der Waals surface area contributed by atoms with Crippen LogP contribution in [0.1, 0.15) is 16.1 Å². The van der Waals surface area contributed by atoms with Crippen LogP contribution in [-0.4, -0.2) is 10.9 Å². The van der Waals surface area contributed by atoms with Gasteiger partial charge >= 0.3 is 0 Å². The van der Waals surface area contributed by atoms with Gasteiger partial charge in [-0.3, -0.25) is 4.79 Å². The van der Waals surface area contributed by atoms with Crippen molar-refractivity contribution in [3.63, 3.8) is 0 Å². The highest BCUT2D eigenvalue weighted by Gasteiger charge is 2.12. The van der Waals surface area contributed by atoms with Gasteiger partial charge in [0.25, 0.3) is 5.91 Å². The first-order valence-electron chi connectivity index (χ1n) is 5.36. The van der Waals surface area contributed by atoms with Crippen molar-refractivity contribution >= 4 is 33.2 Å². The van der Waals surface area contributed by atoms with E-state index in [-0.39, 0.29) is 11.6 Å². The molecule has 0 aliphatic rings. The zero-order chi connectivity index (χ0) is 13.1. The molecule has 0 aliphatic carbocycles. The lowest BCUT2D eigenvalue weighted by Crippen LogP contribution is -2.16. The molecule has 0 saturated carbocycles. The van der Waals surface area contributed by atoms with Crippen LogP contribution in [0.25, 0.3) is 0 Å². The molecule has 1 amide bonds. The monoisotopic (exact) mass is 305 g/mol. The fourth-order valence-electron chi connectivity index (χ4n) is 1.52. The normalized spacial score (nSPS) is 10.1. The Morgan fingerprint density at radius 1 is 1.39 bits per heavy atom. The van der Waals surface area contributed by atoms with Crippen molar-refractivity contribution in [2.45, 2.75) is 6.92 Å². The molecule has 1 heterocycles. The van der Waals surface area contributed by atoms with Crippen molar-refractivity contribution in [2.75, 3.05) is 11.1 Å². The molecule has 2 aromatic rings. The SMILES string of the molecule is Cc1ccc(Br)cc1NC(=O)c1ncccc1N. The highest BCUT2D eigenvalue weighted by Crippen LogP contribution is 2.21. The van der Waals surface area contributed by atoms with E-state index >= 15 is 0 Å². The van der Waals surface area contributed by atoms with Crippen molar-refractivity contribution in [2.24, 2.45) is 0 Å². The second-order valence-electron chi connectivity index (χ2n) is 3.85. The molecular formula is C13H12BrN3O. The third kappa shape index (κ3) is 2.68. The van der Waals surface area contributed by atoms with Gasteiger partial charge in [-0.2, -0.15) is 0 Å². The third-order valence-corrected chi connectivity index (χ3v) is 3.00. The molecule has 4 nitrogen and oxygen atoms in total. The van der Waals surface area contributed by atoms with E-state index in [1.807, 2.05) is 25.1 Å². The van der Waals surface area contributed by atoms with E-state index in [1.54, 1.807) is 18.3 Å². The number of carbonyl (C=O) groups is 1. The van der Waals surface area contributed by atoms with Crippen molar-refractivity contribution in [1.82, 2.24) is 4.98 Å². The molecule has 1 aromatic heterocycles. The Morgan fingerprint density at radius 3 is 2.89 bits per heavy atom. The summed E-state index contributed by atoms with van der Waals surface area (Å²) >= 11 is 3.37. The van der Waals surface area contributed by atoms with E-state index < -0.39 is 0 Å². The molecule has 0 spiro atoms. The van der Waals surface area contributed by atoms with Crippen LogP contribution < -0.4 is 11.1 Å². The van der Waals surface area contributed by atoms with Crippen LogP contribution in [0, 0.1) is 6.92 Å². The van der Waals surface area contributed by atoms with E-state index in [9.17, 15) is 4.79 Å². The summed E-state index contributed by atoms with van der Waals surface area (Å²) in [5.74, 6) is -0.311. The highest BCUT2D eigenvalue weighted by atomic mass is 79.9. The van der Waals surface area contributed by atoms with Crippen molar-refractivity contribution < 1.29 is 4.79 Å². The Kier molecular flexibility index (Phi) is 3.62. The first-order valence-corrected chi connectivity index (χ1v) is 6.15. The van der Waals surface area contributed by atoms with Gasteiger partial charge in [-0.25, -0.2) is 4.98 Å². The minimum atomic E-state index is -0.311. The molecular weight excluding hydrogens is 294 g/mol. The molecule has 0 radical (unpaired) electrons. The van der Waals surface area contributed by atoms with Crippen LogP contribution in [0.15, 0.2) is 41.0 Å². The smallest absolute Gasteiger partial charge is 0.276 e. The zero-order valence-corrected chi connectivity index (χ0v) is 11.4. The Balaban J connectivity index is 2.27. The van der Waals surface area contributed by atoms with Gasteiger partial charge in [0, 0.05) is 16.4 Å². The van der Waals surface area contributed by atoms with Crippen LogP contribution >= 0.6 is 15.9 Å². The summed E-state index contributed by atoms with van der Waals surface area (Å²) in [6.45, 7) is 1.92. The lowest BCUT2D eigenvalue weighted by atomic mass is 10.2. The first-order chi connectivity index (χ1) is 8.58. The molecule has 18 heavy (non-hydrogen) atoms. The first kappa shape index (κ1) is 12.6. The van der Waals surface area contributed by atoms with Gasteiger partial charge in [-0.1, -0.05) is 22.0 Å². The fraction of sp³-hybridized carbons (Fsp3) is 0.0769. The number of nitrogens with two attached hydrogens (primary N) is 1. The van der Waals surface area contributed by atoms with E-state index in [2.05, 4.69) is 26.2 Å². The summed E-state index contributed by atoms with van der Waals surface area (Å²) in [6, 6.07) is 9.01. The number of pyridine rings is 1. The summed E-state index contributed by atoms with van der Waals surface area (Å²) in [4.78, 5) is 16.0. The fourth-order valence-corrected chi connectivity index (χ4v) is 1.88. The van der Waals surface area contributed by atoms with Gasteiger partial charge in [0.2, 0.25) is 0 Å². The van der Waals surface area contributed by atoms with Gasteiger partial charge in [-0.15, -0.1) is 0 Å². The molecule has 0 bridgehead atoms. The largest absolute Gasteiger partial charge is 0.397 e. The maximum Gasteiger partial charge on any atom is 0.276 e. The molecule has 1 aromatic carbocycles. The van der Waals surface area contributed by atoms with Crippen molar-refractivity contribution in [3.8, 4) is 0 Å². The topological polar surface area (TPSA) is 68.0 Å². The second kappa shape index (κ2) is 5.18. The van der Waals surface area contributed by atoms with Crippen molar-refractivity contribution in [1.29, 1.82) is 0 Å². The molecule has 92 valence electrons. The summed E-state index contributed by atoms with van der Waals surface area (Å²) < 4.78 is 0.900. The Labute approximate surface area is 113 Å². The Morgan fingerprint density at radius 2 is 2.17 bits per heavy atom. The molecule has 5 heteroatoms. The van der Waals surface area contributed by atoms with Crippen LogP contribution in [0.2, 0.25) is 0 Å². The van der Waals surface area contributed by atoms with Crippen LogP contribution in [0.3, 0.4) is 0 Å². The van der Waals surface area contributed by atoms with Gasteiger partial charge in [0.05, 0.1) is 5.69 Å². The highest BCUT2D eigenvalue weighted by molar-refractivity contribution is 9.10. The number of rotatable bonds is 2. The molecule has 0 unspecified atom stereocenters. The number of anilines is 2.